The van der Waals surface area contributed by atoms with E-state index < -0.39 is 0 Å². The van der Waals surface area contributed by atoms with Gasteiger partial charge in [-0.2, -0.15) is 0 Å². The van der Waals surface area contributed by atoms with Gasteiger partial charge in [-0.1, -0.05) is 12.1 Å². The maximum Gasteiger partial charge on any atom is 0.236 e. The van der Waals surface area contributed by atoms with Crippen LogP contribution in [-0.2, 0) is 9.53 Å². The predicted molar refractivity (Wildman–Crippen MR) is 103 cm³/mol. The fourth-order valence-corrected chi connectivity index (χ4v) is 4.03. The summed E-state index contributed by atoms with van der Waals surface area (Å²) in [6.07, 6.45) is 5.33. The largest absolute Gasteiger partial charge is 0.378 e. The summed E-state index contributed by atoms with van der Waals surface area (Å²) in [5, 5.41) is 0. The van der Waals surface area contributed by atoms with E-state index in [2.05, 4.69) is 14.9 Å². The first kappa shape index (κ1) is 19.0. The van der Waals surface area contributed by atoms with Gasteiger partial charge in [-0.3, -0.25) is 19.7 Å². The molecule has 1 aromatic heterocycles. The minimum atomic E-state index is -0.282. The molecular weight excluding hydrogens is 359 g/mol. The highest BCUT2D eigenvalue weighted by molar-refractivity contribution is 5.78. The second kappa shape index (κ2) is 8.75. The maximum atomic E-state index is 13.7. The minimum absolute atomic E-state index is 0.161. The molecule has 1 atom stereocenters. The number of carbonyl (C=O) groups excluding carboxylic acids is 1. The molecule has 2 saturated heterocycles. The van der Waals surface area contributed by atoms with E-state index in [1.54, 1.807) is 18.5 Å². The Labute approximate surface area is 164 Å². The monoisotopic (exact) mass is 384 g/mol. The van der Waals surface area contributed by atoms with Crippen LogP contribution in [0.4, 0.5) is 4.39 Å². The molecule has 148 valence electrons. The van der Waals surface area contributed by atoms with Crippen LogP contribution in [0.15, 0.2) is 36.7 Å². The van der Waals surface area contributed by atoms with Gasteiger partial charge in [-0.05, 0) is 31.5 Å². The van der Waals surface area contributed by atoms with Crippen molar-refractivity contribution in [3.05, 3.63) is 48.2 Å². The summed E-state index contributed by atoms with van der Waals surface area (Å²) in [5.74, 6) is 0.0575. The predicted octanol–water partition coefficient (Wildman–Crippen LogP) is 2.32. The third-order valence-electron chi connectivity index (χ3n) is 5.44. The quantitative estimate of drug-likeness (QED) is 0.810. The molecule has 2 aliphatic rings. The molecule has 0 bridgehead atoms. The second-order valence-corrected chi connectivity index (χ2v) is 7.37. The number of hydrogen-bond acceptors (Lipinski definition) is 5. The van der Waals surface area contributed by atoms with E-state index in [1.807, 2.05) is 11.0 Å². The first-order chi connectivity index (χ1) is 13.7. The number of aromatic nitrogens is 2. The Kier molecular flexibility index (Phi) is 5.92. The Morgan fingerprint density at radius 2 is 2.00 bits per heavy atom. The van der Waals surface area contributed by atoms with Crippen LogP contribution in [0.3, 0.4) is 0 Å². The third-order valence-corrected chi connectivity index (χ3v) is 5.44. The van der Waals surface area contributed by atoms with Gasteiger partial charge in [0.1, 0.15) is 5.82 Å². The second-order valence-electron chi connectivity index (χ2n) is 7.37. The molecule has 4 rings (SSSR count). The van der Waals surface area contributed by atoms with Crippen molar-refractivity contribution in [2.75, 3.05) is 45.9 Å². The van der Waals surface area contributed by atoms with Gasteiger partial charge in [-0.15, -0.1) is 0 Å². The Morgan fingerprint density at radius 3 is 2.82 bits per heavy atom. The molecule has 1 aromatic carbocycles. The number of likely N-dealkylation sites (tertiary alicyclic amines) is 1. The topological polar surface area (TPSA) is 58.6 Å². The summed E-state index contributed by atoms with van der Waals surface area (Å²) < 4.78 is 19.0. The van der Waals surface area contributed by atoms with Crippen LogP contribution in [0.1, 0.15) is 24.5 Å². The van der Waals surface area contributed by atoms with Crippen LogP contribution in [-0.4, -0.2) is 71.6 Å². The molecule has 1 amide bonds. The van der Waals surface area contributed by atoms with Crippen LogP contribution in [0.5, 0.6) is 0 Å². The van der Waals surface area contributed by atoms with Crippen molar-refractivity contribution in [3.63, 3.8) is 0 Å². The molecule has 0 saturated carbocycles. The van der Waals surface area contributed by atoms with Crippen molar-refractivity contribution in [1.82, 2.24) is 19.8 Å². The lowest BCUT2D eigenvalue weighted by Crippen LogP contribution is -2.47. The van der Waals surface area contributed by atoms with E-state index in [0.717, 1.165) is 42.9 Å². The molecule has 28 heavy (non-hydrogen) atoms. The Bertz CT molecular complexity index is 826. The van der Waals surface area contributed by atoms with Crippen LogP contribution in [0.2, 0.25) is 0 Å². The Balaban J connectivity index is 1.48. The van der Waals surface area contributed by atoms with Gasteiger partial charge < -0.3 is 9.64 Å². The van der Waals surface area contributed by atoms with Gasteiger partial charge in [0.05, 0.1) is 31.1 Å². The van der Waals surface area contributed by atoms with Crippen molar-refractivity contribution >= 4 is 5.91 Å². The number of ether oxygens (including phenoxy) is 1. The fraction of sp³-hybridized carbons (Fsp3) is 0.476. The summed E-state index contributed by atoms with van der Waals surface area (Å²) in [7, 11) is 0. The number of piperidine rings is 1. The van der Waals surface area contributed by atoms with Crippen LogP contribution in [0, 0.1) is 5.82 Å². The maximum absolute atomic E-state index is 13.7. The van der Waals surface area contributed by atoms with Crippen molar-refractivity contribution in [2.45, 2.75) is 18.8 Å². The number of rotatable bonds is 4. The van der Waals surface area contributed by atoms with E-state index in [9.17, 15) is 9.18 Å². The average molecular weight is 384 g/mol. The summed E-state index contributed by atoms with van der Waals surface area (Å²) in [4.78, 5) is 25.8. The Hall–Kier alpha value is -2.38. The normalized spacial score (nSPS) is 20.9. The molecule has 0 aliphatic carbocycles. The van der Waals surface area contributed by atoms with Gasteiger partial charge >= 0.3 is 0 Å². The van der Waals surface area contributed by atoms with Gasteiger partial charge in [0.15, 0.2) is 0 Å². The van der Waals surface area contributed by atoms with Gasteiger partial charge in [0.2, 0.25) is 5.91 Å². The van der Waals surface area contributed by atoms with Crippen molar-refractivity contribution in [1.29, 1.82) is 0 Å². The number of benzene rings is 1. The van der Waals surface area contributed by atoms with Gasteiger partial charge in [0, 0.05) is 43.5 Å². The standard InChI is InChI=1S/C21H25FN4O2/c22-18-5-1-3-16(13-18)20-21(24-7-6-23-20)17-4-2-8-25(14-17)15-19(27)26-9-11-28-12-10-26/h1,3,5-7,13,17H,2,4,8-12,14-15H2/t17-/m0/s1. The molecule has 0 unspecified atom stereocenters. The lowest BCUT2D eigenvalue weighted by molar-refractivity contribution is -0.136. The van der Waals surface area contributed by atoms with Crippen LogP contribution >= 0.6 is 0 Å². The zero-order valence-corrected chi connectivity index (χ0v) is 15.9. The van der Waals surface area contributed by atoms with Crippen molar-refractivity contribution < 1.29 is 13.9 Å². The number of halogens is 1. The smallest absolute Gasteiger partial charge is 0.236 e. The molecule has 6 nitrogen and oxygen atoms in total. The minimum Gasteiger partial charge on any atom is -0.378 e. The highest BCUT2D eigenvalue weighted by atomic mass is 19.1. The number of hydrogen-bond donors (Lipinski definition) is 0. The molecule has 2 aromatic rings. The summed E-state index contributed by atoms with van der Waals surface area (Å²) in [5.41, 5.74) is 2.36. The zero-order chi connectivity index (χ0) is 19.3. The average Bonchev–Trinajstić information content (AvgIpc) is 2.74. The molecule has 0 N–H and O–H groups in total. The van der Waals surface area contributed by atoms with Crippen LogP contribution in [0.25, 0.3) is 11.3 Å². The van der Waals surface area contributed by atoms with Gasteiger partial charge in [0.25, 0.3) is 0 Å². The van der Waals surface area contributed by atoms with E-state index >= 15 is 0 Å². The molecule has 2 aliphatic heterocycles. The SMILES string of the molecule is O=C(CN1CCC[C@H](c2nccnc2-c2cccc(F)c2)C1)N1CCOCC1. The van der Waals surface area contributed by atoms with E-state index in [1.165, 1.54) is 12.1 Å². The number of morpholine rings is 1. The fourth-order valence-electron chi connectivity index (χ4n) is 4.03. The molecular formula is C21H25FN4O2. The Morgan fingerprint density at radius 1 is 1.18 bits per heavy atom. The molecule has 7 heteroatoms. The summed E-state index contributed by atoms with van der Waals surface area (Å²) >= 11 is 0. The molecule has 2 fully saturated rings. The highest BCUT2D eigenvalue weighted by Crippen LogP contribution is 2.31. The lowest BCUT2D eigenvalue weighted by atomic mass is 9.91. The number of carbonyl (C=O) groups is 1. The molecule has 0 spiro atoms. The van der Waals surface area contributed by atoms with Gasteiger partial charge in [-0.25, -0.2) is 4.39 Å². The lowest BCUT2D eigenvalue weighted by Gasteiger charge is -2.34. The van der Waals surface area contributed by atoms with E-state index in [-0.39, 0.29) is 17.6 Å². The zero-order valence-electron chi connectivity index (χ0n) is 15.9. The van der Waals surface area contributed by atoms with E-state index in [4.69, 9.17) is 4.74 Å². The number of amides is 1. The van der Waals surface area contributed by atoms with E-state index in [0.29, 0.717) is 32.8 Å². The van der Waals surface area contributed by atoms with Crippen LogP contribution < -0.4 is 0 Å². The summed E-state index contributed by atoms with van der Waals surface area (Å²) in [6.45, 7) is 4.66. The first-order valence-corrected chi connectivity index (χ1v) is 9.85. The molecule has 0 radical (unpaired) electrons. The highest BCUT2D eigenvalue weighted by Gasteiger charge is 2.28. The first-order valence-electron chi connectivity index (χ1n) is 9.85. The summed E-state index contributed by atoms with van der Waals surface area (Å²) in [6, 6.07) is 6.48. The molecule has 3 heterocycles. The van der Waals surface area contributed by atoms with Crippen molar-refractivity contribution in [2.24, 2.45) is 0 Å². The van der Waals surface area contributed by atoms with Crippen molar-refractivity contribution in [3.8, 4) is 11.3 Å². The number of nitrogens with zero attached hydrogens (tertiary/aromatic N) is 4. The third kappa shape index (κ3) is 4.36.